The summed E-state index contributed by atoms with van der Waals surface area (Å²) in [7, 11) is 0. The SMILES string of the molecule is O=CNC(C(=O)O)C1CCC1. The van der Waals surface area contributed by atoms with Gasteiger partial charge in [0.2, 0.25) is 6.41 Å². The molecule has 0 saturated heterocycles. The molecule has 1 atom stereocenters. The lowest BCUT2D eigenvalue weighted by Gasteiger charge is -2.30. The lowest BCUT2D eigenvalue weighted by Crippen LogP contribution is -2.44. The molecule has 1 aliphatic rings. The maximum absolute atomic E-state index is 10.5. The Labute approximate surface area is 64.6 Å². The fraction of sp³-hybridized carbons (Fsp3) is 0.714. The quantitative estimate of drug-likeness (QED) is 0.564. The van der Waals surface area contributed by atoms with Crippen LogP contribution in [0.25, 0.3) is 0 Å². The second-order valence-electron chi connectivity index (χ2n) is 2.79. The minimum Gasteiger partial charge on any atom is -0.480 e. The number of carbonyl (C=O) groups is 2. The first kappa shape index (κ1) is 8.04. The Kier molecular flexibility index (Phi) is 2.46. The van der Waals surface area contributed by atoms with Gasteiger partial charge in [-0.25, -0.2) is 4.79 Å². The van der Waals surface area contributed by atoms with Crippen LogP contribution >= 0.6 is 0 Å². The molecule has 0 spiro atoms. The van der Waals surface area contributed by atoms with Crippen molar-refractivity contribution in [2.24, 2.45) is 5.92 Å². The van der Waals surface area contributed by atoms with E-state index in [9.17, 15) is 9.59 Å². The van der Waals surface area contributed by atoms with Gasteiger partial charge in [-0.15, -0.1) is 0 Å². The van der Waals surface area contributed by atoms with E-state index in [1.807, 2.05) is 0 Å². The molecule has 2 N–H and O–H groups in total. The van der Waals surface area contributed by atoms with E-state index in [1.54, 1.807) is 0 Å². The smallest absolute Gasteiger partial charge is 0.326 e. The summed E-state index contributed by atoms with van der Waals surface area (Å²) < 4.78 is 0. The van der Waals surface area contributed by atoms with Gasteiger partial charge < -0.3 is 10.4 Å². The maximum atomic E-state index is 10.5. The van der Waals surface area contributed by atoms with Gasteiger partial charge in [0.15, 0.2) is 0 Å². The van der Waals surface area contributed by atoms with Crippen molar-refractivity contribution in [3.63, 3.8) is 0 Å². The van der Waals surface area contributed by atoms with Crippen LogP contribution in [0.3, 0.4) is 0 Å². The molecule has 0 heterocycles. The molecule has 0 aromatic carbocycles. The van der Waals surface area contributed by atoms with Gasteiger partial charge in [0.1, 0.15) is 6.04 Å². The summed E-state index contributed by atoms with van der Waals surface area (Å²) in [4.78, 5) is 20.5. The van der Waals surface area contributed by atoms with Gasteiger partial charge in [-0.3, -0.25) is 4.79 Å². The summed E-state index contributed by atoms with van der Waals surface area (Å²) in [5.74, 6) is -0.778. The number of rotatable bonds is 4. The van der Waals surface area contributed by atoms with E-state index in [0.29, 0.717) is 6.41 Å². The highest BCUT2D eigenvalue weighted by Gasteiger charge is 2.31. The molecule has 0 aromatic rings. The first-order chi connectivity index (χ1) is 5.25. The molecule has 0 radical (unpaired) electrons. The molecule has 0 aromatic heterocycles. The lowest BCUT2D eigenvalue weighted by atomic mass is 9.80. The third-order valence-electron chi connectivity index (χ3n) is 2.13. The molecule has 1 aliphatic carbocycles. The van der Waals surface area contributed by atoms with E-state index in [2.05, 4.69) is 5.32 Å². The molecule has 4 nitrogen and oxygen atoms in total. The highest BCUT2D eigenvalue weighted by Crippen LogP contribution is 2.29. The fourth-order valence-corrected chi connectivity index (χ4v) is 1.26. The van der Waals surface area contributed by atoms with Crippen LogP contribution in [0.5, 0.6) is 0 Å². The zero-order valence-electron chi connectivity index (χ0n) is 6.12. The van der Waals surface area contributed by atoms with Crippen molar-refractivity contribution in [1.82, 2.24) is 5.32 Å². The Bertz CT molecular complexity index is 165. The van der Waals surface area contributed by atoms with Crippen molar-refractivity contribution in [3.05, 3.63) is 0 Å². The van der Waals surface area contributed by atoms with Gasteiger partial charge in [0, 0.05) is 0 Å². The van der Waals surface area contributed by atoms with E-state index in [4.69, 9.17) is 5.11 Å². The Morgan fingerprint density at radius 1 is 1.64 bits per heavy atom. The molecule has 0 bridgehead atoms. The Hall–Kier alpha value is -1.06. The summed E-state index contributed by atoms with van der Waals surface area (Å²) in [6, 6.07) is -0.666. The molecule has 4 heteroatoms. The fourth-order valence-electron chi connectivity index (χ4n) is 1.26. The van der Waals surface area contributed by atoms with Crippen molar-refractivity contribution in [3.8, 4) is 0 Å². The normalized spacial score (nSPS) is 20.0. The first-order valence-electron chi connectivity index (χ1n) is 3.68. The predicted octanol–water partition coefficient (Wildman–Crippen LogP) is -0.0143. The van der Waals surface area contributed by atoms with Crippen LogP contribution in [0.1, 0.15) is 19.3 Å². The Morgan fingerprint density at radius 2 is 2.27 bits per heavy atom. The number of carbonyl (C=O) groups excluding carboxylic acids is 1. The predicted molar refractivity (Wildman–Crippen MR) is 38.0 cm³/mol. The second kappa shape index (κ2) is 3.37. The van der Waals surface area contributed by atoms with Gasteiger partial charge in [0.25, 0.3) is 0 Å². The molecule has 0 aliphatic heterocycles. The average molecular weight is 157 g/mol. The summed E-state index contributed by atoms with van der Waals surface area (Å²) in [5, 5.41) is 10.9. The highest BCUT2D eigenvalue weighted by molar-refractivity contribution is 5.76. The molecule has 1 fully saturated rings. The number of hydrogen-bond acceptors (Lipinski definition) is 2. The van der Waals surface area contributed by atoms with E-state index in [0.717, 1.165) is 19.3 Å². The zero-order chi connectivity index (χ0) is 8.27. The molecule has 1 unspecified atom stereocenters. The topological polar surface area (TPSA) is 66.4 Å². The third kappa shape index (κ3) is 1.69. The van der Waals surface area contributed by atoms with Gasteiger partial charge in [0.05, 0.1) is 0 Å². The standard InChI is InChI=1S/C7H11NO3/c9-4-8-6(7(10)11)5-2-1-3-5/h4-6H,1-3H2,(H,8,9)(H,10,11). The number of hydrogen-bond donors (Lipinski definition) is 2. The number of carboxylic acids is 1. The van der Waals surface area contributed by atoms with Gasteiger partial charge in [-0.05, 0) is 18.8 Å². The number of aliphatic carboxylic acids is 1. The van der Waals surface area contributed by atoms with Crippen molar-refractivity contribution >= 4 is 12.4 Å². The van der Waals surface area contributed by atoms with E-state index < -0.39 is 12.0 Å². The molecule has 1 rings (SSSR count). The molecular formula is C7H11NO3. The monoisotopic (exact) mass is 157 g/mol. The number of carboxylic acid groups (broad SMARTS) is 1. The van der Waals surface area contributed by atoms with Crippen LogP contribution in [-0.4, -0.2) is 23.5 Å². The van der Waals surface area contributed by atoms with Crippen molar-refractivity contribution in [2.45, 2.75) is 25.3 Å². The van der Waals surface area contributed by atoms with Crippen LogP contribution in [0.15, 0.2) is 0 Å². The van der Waals surface area contributed by atoms with Crippen LogP contribution in [0.4, 0.5) is 0 Å². The summed E-state index contributed by atoms with van der Waals surface area (Å²) in [6.45, 7) is 0. The molecule has 62 valence electrons. The minimum atomic E-state index is -0.929. The van der Waals surface area contributed by atoms with Crippen LogP contribution in [-0.2, 0) is 9.59 Å². The van der Waals surface area contributed by atoms with Crippen LogP contribution in [0, 0.1) is 5.92 Å². The van der Waals surface area contributed by atoms with Crippen molar-refractivity contribution in [2.75, 3.05) is 0 Å². The van der Waals surface area contributed by atoms with E-state index >= 15 is 0 Å². The van der Waals surface area contributed by atoms with Crippen molar-refractivity contribution < 1.29 is 14.7 Å². The molecule has 11 heavy (non-hydrogen) atoms. The first-order valence-corrected chi connectivity index (χ1v) is 3.68. The van der Waals surface area contributed by atoms with Gasteiger partial charge >= 0.3 is 5.97 Å². The Morgan fingerprint density at radius 3 is 2.55 bits per heavy atom. The minimum absolute atomic E-state index is 0.151. The largest absolute Gasteiger partial charge is 0.480 e. The molecular weight excluding hydrogens is 146 g/mol. The second-order valence-corrected chi connectivity index (χ2v) is 2.79. The number of nitrogens with one attached hydrogen (secondary N) is 1. The van der Waals surface area contributed by atoms with Crippen molar-refractivity contribution in [1.29, 1.82) is 0 Å². The zero-order valence-corrected chi connectivity index (χ0v) is 6.12. The lowest BCUT2D eigenvalue weighted by molar-refractivity contribution is -0.143. The summed E-state index contributed by atoms with van der Waals surface area (Å²) >= 11 is 0. The van der Waals surface area contributed by atoms with Crippen LogP contribution in [0.2, 0.25) is 0 Å². The average Bonchev–Trinajstić information content (AvgIpc) is 1.82. The molecule has 1 amide bonds. The van der Waals surface area contributed by atoms with Crippen LogP contribution < -0.4 is 5.32 Å². The summed E-state index contributed by atoms with van der Waals surface area (Å²) in [6.07, 6.45) is 3.36. The molecule has 1 saturated carbocycles. The maximum Gasteiger partial charge on any atom is 0.326 e. The van der Waals surface area contributed by atoms with Gasteiger partial charge in [-0.1, -0.05) is 6.42 Å². The third-order valence-corrected chi connectivity index (χ3v) is 2.13. The van der Waals surface area contributed by atoms with Gasteiger partial charge in [-0.2, -0.15) is 0 Å². The van der Waals surface area contributed by atoms with E-state index in [-0.39, 0.29) is 5.92 Å². The Balaban J connectivity index is 2.43. The summed E-state index contributed by atoms with van der Waals surface area (Å²) in [5.41, 5.74) is 0. The number of amides is 1. The van der Waals surface area contributed by atoms with E-state index in [1.165, 1.54) is 0 Å². The highest BCUT2D eigenvalue weighted by atomic mass is 16.4.